The van der Waals surface area contributed by atoms with Crippen LogP contribution in [0.1, 0.15) is 31.2 Å². The van der Waals surface area contributed by atoms with Gasteiger partial charge in [0.1, 0.15) is 0 Å². The first-order valence-electron chi connectivity index (χ1n) is 5.94. The lowest BCUT2D eigenvalue weighted by atomic mass is 9.88. The lowest BCUT2D eigenvalue weighted by Gasteiger charge is -2.35. The number of methoxy groups -OCH3 is 1. The van der Waals surface area contributed by atoms with Crippen LogP contribution in [0.2, 0.25) is 0 Å². The summed E-state index contributed by atoms with van der Waals surface area (Å²) in [5.41, 5.74) is 0.0964. The largest absolute Gasteiger partial charge is 0.467 e. The zero-order valence-electron chi connectivity index (χ0n) is 9.80. The van der Waals surface area contributed by atoms with E-state index in [2.05, 4.69) is 9.97 Å². The van der Waals surface area contributed by atoms with Gasteiger partial charge in [-0.05, 0) is 25.7 Å². The molecule has 2 bridgehead atoms. The summed E-state index contributed by atoms with van der Waals surface area (Å²) < 4.78 is 4.94. The van der Waals surface area contributed by atoms with Crippen LogP contribution in [-0.4, -0.2) is 32.7 Å². The van der Waals surface area contributed by atoms with E-state index >= 15 is 0 Å². The molecule has 2 aliphatic rings. The lowest BCUT2D eigenvalue weighted by molar-refractivity contribution is 0.0188. The van der Waals surface area contributed by atoms with Crippen LogP contribution in [-0.2, 0) is 5.60 Å². The van der Waals surface area contributed by atoms with Crippen molar-refractivity contribution in [1.82, 2.24) is 9.97 Å². The second kappa shape index (κ2) is 4.14. The van der Waals surface area contributed by atoms with Crippen molar-refractivity contribution in [3.05, 3.63) is 18.0 Å². The summed E-state index contributed by atoms with van der Waals surface area (Å²) in [7, 11) is 1.54. The Kier molecular flexibility index (Phi) is 2.75. The molecular weight excluding hydrogens is 236 g/mol. The van der Waals surface area contributed by atoms with Gasteiger partial charge in [0.05, 0.1) is 12.7 Å². The quantitative estimate of drug-likeness (QED) is 0.868. The maximum Gasteiger partial charge on any atom is 0.316 e. The molecule has 2 saturated heterocycles. The van der Waals surface area contributed by atoms with Gasteiger partial charge in [-0.15, -0.1) is 0 Å². The van der Waals surface area contributed by atoms with Crippen molar-refractivity contribution >= 4 is 11.8 Å². The number of aromatic nitrogens is 2. The molecule has 1 aromatic heterocycles. The average Bonchev–Trinajstić information content (AvgIpc) is 2.69. The van der Waals surface area contributed by atoms with Crippen molar-refractivity contribution in [3.8, 4) is 6.01 Å². The minimum absolute atomic E-state index is 0.352. The molecule has 2 fully saturated rings. The van der Waals surface area contributed by atoms with Crippen molar-refractivity contribution < 1.29 is 9.84 Å². The van der Waals surface area contributed by atoms with Gasteiger partial charge >= 0.3 is 6.01 Å². The first-order valence-corrected chi connectivity index (χ1v) is 6.88. The minimum atomic E-state index is -0.733. The number of hydrogen-bond acceptors (Lipinski definition) is 5. The summed E-state index contributed by atoms with van der Waals surface area (Å²) in [4.78, 5) is 8.18. The third-order valence-corrected chi connectivity index (χ3v) is 5.25. The summed E-state index contributed by atoms with van der Waals surface area (Å²) in [6, 6.07) is 0.352. The number of rotatable bonds is 2. The SMILES string of the molecule is COc1ncc(C2(O)CC3CCC(C2)S3)cn1. The van der Waals surface area contributed by atoms with Gasteiger partial charge in [0.25, 0.3) is 0 Å². The maximum absolute atomic E-state index is 10.8. The van der Waals surface area contributed by atoms with Crippen LogP contribution in [0.15, 0.2) is 12.4 Å². The molecule has 0 spiro atoms. The summed E-state index contributed by atoms with van der Waals surface area (Å²) in [6.07, 6.45) is 7.50. The smallest absolute Gasteiger partial charge is 0.316 e. The molecule has 0 amide bonds. The van der Waals surface area contributed by atoms with Gasteiger partial charge in [-0.2, -0.15) is 11.8 Å². The van der Waals surface area contributed by atoms with E-state index in [1.165, 1.54) is 12.8 Å². The van der Waals surface area contributed by atoms with E-state index in [0.717, 1.165) is 18.4 Å². The third kappa shape index (κ3) is 2.02. The van der Waals surface area contributed by atoms with Gasteiger partial charge in [-0.25, -0.2) is 9.97 Å². The minimum Gasteiger partial charge on any atom is -0.467 e. The Labute approximate surface area is 105 Å². The zero-order valence-corrected chi connectivity index (χ0v) is 10.6. The number of hydrogen-bond donors (Lipinski definition) is 1. The summed E-state index contributed by atoms with van der Waals surface area (Å²) >= 11 is 2.03. The molecule has 2 atom stereocenters. The molecule has 1 N–H and O–H groups in total. The van der Waals surface area contributed by atoms with E-state index in [0.29, 0.717) is 16.5 Å². The molecule has 92 valence electrons. The predicted molar refractivity (Wildman–Crippen MR) is 66.1 cm³/mol. The average molecular weight is 252 g/mol. The summed E-state index contributed by atoms with van der Waals surface area (Å²) in [5.74, 6) is 0. The van der Waals surface area contributed by atoms with Crippen LogP contribution in [0.4, 0.5) is 0 Å². The number of fused-ring (bicyclic) bond motifs is 2. The Bertz CT molecular complexity index is 397. The Morgan fingerprint density at radius 1 is 1.29 bits per heavy atom. The second-order valence-electron chi connectivity index (χ2n) is 4.86. The molecule has 0 aromatic carbocycles. The molecule has 0 saturated carbocycles. The van der Waals surface area contributed by atoms with Crippen LogP contribution >= 0.6 is 11.8 Å². The maximum atomic E-state index is 10.8. The lowest BCUT2D eigenvalue weighted by Crippen LogP contribution is -2.34. The predicted octanol–water partition coefficient (Wildman–Crippen LogP) is 1.73. The van der Waals surface area contributed by atoms with Crippen LogP contribution in [0.3, 0.4) is 0 Å². The van der Waals surface area contributed by atoms with Crippen molar-refractivity contribution in [3.63, 3.8) is 0 Å². The molecular formula is C12H16N2O2S. The highest BCUT2D eigenvalue weighted by Gasteiger charge is 2.44. The summed E-state index contributed by atoms with van der Waals surface area (Å²) in [5, 5.41) is 11.9. The van der Waals surface area contributed by atoms with E-state index in [1.54, 1.807) is 19.5 Å². The standard InChI is InChI=1S/C12H16N2O2S/c1-16-11-13-6-8(7-14-11)12(15)4-9-2-3-10(5-12)17-9/h6-7,9-10,15H,2-5H2,1H3. The van der Waals surface area contributed by atoms with E-state index in [1.807, 2.05) is 11.8 Å². The van der Waals surface area contributed by atoms with E-state index in [9.17, 15) is 5.11 Å². The Hall–Kier alpha value is -0.810. The Morgan fingerprint density at radius 2 is 1.88 bits per heavy atom. The van der Waals surface area contributed by atoms with E-state index < -0.39 is 5.60 Å². The zero-order chi connectivity index (χ0) is 11.9. The van der Waals surface area contributed by atoms with E-state index in [-0.39, 0.29) is 0 Å². The van der Waals surface area contributed by atoms with Crippen LogP contribution < -0.4 is 4.74 Å². The van der Waals surface area contributed by atoms with Crippen LogP contribution in [0.25, 0.3) is 0 Å². The molecule has 0 radical (unpaired) electrons. The van der Waals surface area contributed by atoms with Gasteiger partial charge in [0.2, 0.25) is 0 Å². The van der Waals surface area contributed by atoms with E-state index in [4.69, 9.17) is 4.74 Å². The van der Waals surface area contributed by atoms with Crippen LogP contribution in [0, 0.1) is 0 Å². The second-order valence-corrected chi connectivity index (χ2v) is 6.46. The third-order valence-electron chi connectivity index (χ3n) is 3.67. The van der Waals surface area contributed by atoms with Gasteiger partial charge < -0.3 is 9.84 Å². The number of aliphatic hydroxyl groups is 1. The monoisotopic (exact) mass is 252 g/mol. The highest BCUT2D eigenvalue weighted by Crippen LogP contribution is 2.50. The number of thioether (sulfide) groups is 1. The fourth-order valence-electron chi connectivity index (χ4n) is 2.81. The van der Waals surface area contributed by atoms with Gasteiger partial charge in [0, 0.05) is 28.5 Å². The highest BCUT2D eigenvalue weighted by molar-refractivity contribution is 8.00. The van der Waals surface area contributed by atoms with Gasteiger partial charge in [-0.1, -0.05) is 0 Å². The number of nitrogens with zero attached hydrogens (tertiary/aromatic N) is 2. The molecule has 1 aromatic rings. The van der Waals surface area contributed by atoms with Crippen LogP contribution in [0.5, 0.6) is 6.01 Å². The molecule has 2 aliphatic heterocycles. The first kappa shape index (κ1) is 11.3. The normalized spacial score (nSPS) is 35.9. The van der Waals surface area contributed by atoms with Crippen molar-refractivity contribution in [1.29, 1.82) is 0 Å². The van der Waals surface area contributed by atoms with Gasteiger partial charge in [0.15, 0.2) is 0 Å². The molecule has 3 rings (SSSR count). The highest BCUT2D eigenvalue weighted by atomic mass is 32.2. The molecule has 3 heterocycles. The Balaban J connectivity index is 1.86. The molecule has 0 aliphatic carbocycles. The first-order chi connectivity index (χ1) is 8.19. The fourth-order valence-corrected chi connectivity index (χ4v) is 4.65. The molecule has 2 unspecified atom stereocenters. The van der Waals surface area contributed by atoms with Crippen molar-refractivity contribution in [2.24, 2.45) is 0 Å². The topological polar surface area (TPSA) is 55.2 Å². The fraction of sp³-hybridized carbons (Fsp3) is 0.667. The Morgan fingerprint density at radius 3 is 2.41 bits per heavy atom. The summed E-state index contributed by atoms with van der Waals surface area (Å²) in [6.45, 7) is 0. The van der Waals surface area contributed by atoms with Crippen molar-refractivity contribution in [2.75, 3.05) is 7.11 Å². The molecule has 4 nitrogen and oxygen atoms in total. The molecule has 5 heteroatoms. The van der Waals surface area contributed by atoms with Crippen molar-refractivity contribution in [2.45, 2.75) is 41.8 Å². The number of ether oxygens (including phenoxy) is 1. The van der Waals surface area contributed by atoms with Gasteiger partial charge in [-0.3, -0.25) is 0 Å². The molecule has 17 heavy (non-hydrogen) atoms.